The summed E-state index contributed by atoms with van der Waals surface area (Å²) in [5.74, 6) is 1.37. The van der Waals surface area contributed by atoms with E-state index in [9.17, 15) is 4.79 Å². The molecule has 6 heteroatoms. The second-order valence-electron chi connectivity index (χ2n) is 3.69. The minimum absolute atomic E-state index is 0.125. The second-order valence-corrected chi connectivity index (χ2v) is 3.69. The van der Waals surface area contributed by atoms with Gasteiger partial charge in [0, 0.05) is 25.6 Å². The lowest BCUT2D eigenvalue weighted by atomic mass is 10.3. The molecule has 0 unspecified atom stereocenters. The van der Waals surface area contributed by atoms with Gasteiger partial charge in [0.15, 0.2) is 0 Å². The van der Waals surface area contributed by atoms with Gasteiger partial charge in [0.1, 0.15) is 11.6 Å². The number of hydrogen-bond acceptors (Lipinski definition) is 5. The van der Waals surface area contributed by atoms with Crippen molar-refractivity contribution >= 4 is 5.82 Å². The molecular weight excluding hydrogens is 208 g/mol. The van der Waals surface area contributed by atoms with Gasteiger partial charge in [-0.1, -0.05) is 0 Å². The van der Waals surface area contributed by atoms with Crippen LogP contribution in [0.15, 0.2) is 10.9 Å². The maximum absolute atomic E-state index is 11.4. The van der Waals surface area contributed by atoms with E-state index in [0.717, 1.165) is 18.9 Å². The van der Waals surface area contributed by atoms with Crippen molar-refractivity contribution in [3.8, 4) is 0 Å². The second kappa shape index (κ2) is 5.09. The standard InChI is InChI=1S/C10H16N4O2/c11-2-1-8-12-9(7-10(15)13-8)14-3-5-16-6-4-14/h7H,1-6,11H2,(H,12,13,15). The van der Waals surface area contributed by atoms with Crippen molar-refractivity contribution in [2.75, 3.05) is 37.7 Å². The van der Waals surface area contributed by atoms with Crippen LogP contribution in [-0.2, 0) is 11.2 Å². The highest BCUT2D eigenvalue weighted by molar-refractivity contribution is 5.37. The Labute approximate surface area is 93.4 Å². The van der Waals surface area contributed by atoms with Crippen molar-refractivity contribution in [1.29, 1.82) is 0 Å². The van der Waals surface area contributed by atoms with E-state index in [1.54, 1.807) is 0 Å². The SMILES string of the molecule is NCCc1nc(N2CCOCC2)cc(=O)[nH]1. The quantitative estimate of drug-likeness (QED) is 0.695. The lowest BCUT2D eigenvalue weighted by Crippen LogP contribution is -2.37. The lowest BCUT2D eigenvalue weighted by molar-refractivity contribution is 0.122. The summed E-state index contributed by atoms with van der Waals surface area (Å²) in [5.41, 5.74) is 5.32. The molecular formula is C10H16N4O2. The predicted octanol–water partition coefficient (Wildman–Crippen LogP) is -0.892. The Hall–Kier alpha value is -1.40. The molecule has 16 heavy (non-hydrogen) atoms. The number of nitrogens with zero attached hydrogens (tertiary/aromatic N) is 2. The molecule has 0 radical (unpaired) electrons. The van der Waals surface area contributed by atoms with Gasteiger partial charge in [-0.15, -0.1) is 0 Å². The van der Waals surface area contributed by atoms with Crippen LogP contribution in [0.4, 0.5) is 5.82 Å². The molecule has 0 aliphatic carbocycles. The Kier molecular flexibility index (Phi) is 3.53. The lowest BCUT2D eigenvalue weighted by Gasteiger charge is -2.27. The molecule has 0 spiro atoms. The van der Waals surface area contributed by atoms with Crippen LogP contribution in [-0.4, -0.2) is 42.8 Å². The summed E-state index contributed by atoms with van der Waals surface area (Å²) in [4.78, 5) is 20.6. The monoisotopic (exact) mass is 224 g/mol. The molecule has 0 amide bonds. The third-order valence-electron chi connectivity index (χ3n) is 2.49. The van der Waals surface area contributed by atoms with Crippen molar-refractivity contribution in [3.05, 3.63) is 22.2 Å². The van der Waals surface area contributed by atoms with Gasteiger partial charge >= 0.3 is 0 Å². The highest BCUT2D eigenvalue weighted by Crippen LogP contribution is 2.09. The van der Waals surface area contributed by atoms with Crippen molar-refractivity contribution in [3.63, 3.8) is 0 Å². The molecule has 6 nitrogen and oxygen atoms in total. The number of rotatable bonds is 3. The predicted molar refractivity (Wildman–Crippen MR) is 60.6 cm³/mol. The van der Waals surface area contributed by atoms with E-state index in [0.29, 0.717) is 32.0 Å². The van der Waals surface area contributed by atoms with Crippen LogP contribution in [0.2, 0.25) is 0 Å². The number of nitrogens with two attached hydrogens (primary N) is 1. The maximum Gasteiger partial charge on any atom is 0.252 e. The molecule has 1 aromatic rings. The summed E-state index contributed by atoms with van der Waals surface area (Å²) in [7, 11) is 0. The molecule has 0 atom stereocenters. The van der Waals surface area contributed by atoms with Gasteiger partial charge < -0.3 is 20.4 Å². The first-order valence-electron chi connectivity index (χ1n) is 5.42. The molecule has 1 aromatic heterocycles. The van der Waals surface area contributed by atoms with Crippen LogP contribution in [0.1, 0.15) is 5.82 Å². The summed E-state index contributed by atoms with van der Waals surface area (Å²) in [5, 5.41) is 0. The number of aromatic amines is 1. The van der Waals surface area contributed by atoms with E-state index < -0.39 is 0 Å². The number of hydrogen-bond donors (Lipinski definition) is 2. The van der Waals surface area contributed by atoms with Crippen molar-refractivity contribution in [2.24, 2.45) is 5.73 Å². The van der Waals surface area contributed by atoms with E-state index in [2.05, 4.69) is 14.9 Å². The Balaban J connectivity index is 2.21. The van der Waals surface area contributed by atoms with Crippen LogP contribution in [0, 0.1) is 0 Å². The van der Waals surface area contributed by atoms with Crippen LogP contribution < -0.4 is 16.2 Å². The third kappa shape index (κ3) is 2.59. The first kappa shape index (κ1) is 11.1. The Morgan fingerprint density at radius 3 is 2.94 bits per heavy atom. The average molecular weight is 224 g/mol. The Morgan fingerprint density at radius 2 is 2.25 bits per heavy atom. The van der Waals surface area contributed by atoms with Gasteiger partial charge in [-0.3, -0.25) is 4.79 Å². The number of morpholine rings is 1. The largest absolute Gasteiger partial charge is 0.378 e. The van der Waals surface area contributed by atoms with Gasteiger partial charge in [0.05, 0.1) is 13.2 Å². The van der Waals surface area contributed by atoms with Gasteiger partial charge in [0.2, 0.25) is 0 Å². The number of H-pyrrole nitrogens is 1. The first-order chi connectivity index (χ1) is 7.79. The van der Waals surface area contributed by atoms with Crippen molar-refractivity contribution in [1.82, 2.24) is 9.97 Å². The van der Waals surface area contributed by atoms with E-state index in [-0.39, 0.29) is 5.56 Å². The number of nitrogens with one attached hydrogen (secondary N) is 1. The molecule has 2 rings (SSSR count). The molecule has 0 saturated carbocycles. The van der Waals surface area contributed by atoms with Gasteiger partial charge in [0.25, 0.3) is 5.56 Å². The zero-order valence-electron chi connectivity index (χ0n) is 9.11. The molecule has 1 fully saturated rings. The number of aromatic nitrogens is 2. The summed E-state index contributed by atoms with van der Waals surface area (Å²) >= 11 is 0. The normalized spacial score (nSPS) is 16.4. The molecule has 1 saturated heterocycles. The smallest absolute Gasteiger partial charge is 0.252 e. The van der Waals surface area contributed by atoms with Crippen molar-refractivity contribution in [2.45, 2.75) is 6.42 Å². The van der Waals surface area contributed by atoms with Crippen LogP contribution >= 0.6 is 0 Å². The zero-order chi connectivity index (χ0) is 11.4. The fraction of sp³-hybridized carbons (Fsp3) is 0.600. The minimum atomic E-state index is -0.125. The summed E-state index contributed by atoms with van der Waals surface area (Å²) in [6.45, 7) is 3.40. The fourth-order valence-electron chi connectivity index (χ4n) is 1.70. The summed E-state index contributed by atoms with van der Waals surface area (Å²) < 4.78 is 5.25. The molecule has 1 aliphatic rings. The highest BCUT2D eigenvalue weighted by Gasteiger charge is 2.13. The molecule has 88 valence electrons. The van der Waals surface area contributed by atoms with Crippen LogP contribution in [0.25, 0.3) is 0 Å². The van der Waals surface area contributed by atoms with Crippen LogP contribution in [0.3, 0.4) is 0 Å². The zero-order valence-corrected chi connectivity index (χ0v) is 9.11. The van der Waals surface area contributed by atoms with Crippen LogP contribution in [0.5, 0.6) is 0 Å². The third-order valence-corrected chi connectivity index (χ3v) is 2.49. The molecule has 2 heterocycles. The van der Waals surface area contributed by atoms with E-state index in [4.69, 9.17) is 10.5 Å². The molecule has 0 bridgehead atoms. The van der Waals surface area contributed by atoms with E-state index in [1.165, 1.54) is 6.07 Å². The maximum atomic E-state index is 11.4. The molecule has 3 N–H and O–H groups in total. The minimum Gasteiger partial charge on any atom is -0.378 e. The van der Waals surface area contributed by atoms with Gasteiger partial charge in [-0.2, -0.15) is 0 Å². The van der Waals surface area contributed by atoms with Gasteiger partial charge in [-0.25, -0.2) is 4.98 Å². The summed E-state index contributed by atoms with van der Waals surface area (Å²) in [6.07, 6.45) is 0.591. The summed E-state index contributed by atoms with van der Waals surface area (Å²) in [6, 6.07) is 1.52. The Bertz CT molecular complexity index is 398. The van der Waals surface area contributed by atoms with Gasteiger partial charge in [-0.05, 0) is 6.54 Å². The average Bonchev–Trinajstić information content (AvgIpc) is 2.30. The fourth-order valence-corrected chi connectivity index (χ4v) is 1.70. The number of ether oxygens (including phenoxy) is 1. The van der Waals surface area contributed by atoms with E-state index >= 15 is 0 Å². The first-order valence-corrected chi connectivity index (χ1v) is 5.42. The van der Waals surface area contributed by atoms with Crippen molar-refractivity contribution < 1.29 is 4.74 Å². The van der Waals surface area contributed by atoms with E-state index in [1.807, 2.05) is 0 Å². The molecule has 0 aromatic carbocycles. The highest BCUT2D eigenvalue weighted by atomic mass is 16.5. The number of anilines is 1. The topological polar surface area (TPSA) is 84.2 Å². The Morgan fingerprint density at radius 1 is 1.50 bits per heavy atom. The molecule has 1 aliphatic heterocycles.